The van der Waals surface area contributed by atoms with E-state index in [1.165, 1.54) is 12.1 Å². The van der Waals surface area contributed by atoms with Crippen LogP contribution in [0.1, 0.15) is 31.1 Å². The van der Waals surface area contributed by atoms with Crippen LogP contribution in [0.15, 0.2) is 83.8 Å². The monoisotopic (exact) mass is 536 g/mol. The van der Waals surface area contributed by atoms with Crippen molar-refractivity contribution in [2.45, 2.75) is 31.3 Å². The SMILES string of the molecule is CC(C)(C)OC(=O)N1CCN(c2ccc(NC(=O)c3ccc(NS(=O)(=O)c4ccccc4)cc3)cc2)CC1. The summed E-state index contributed by atoms with van der Waals surface area (Å²) in [5, 5.41) is 2.86. The molecule has 3 aromatic rings. The first kappa shape index (κ1) is 27.0. The number of rotatable bonds is 6. The predicted molar refractivity (Wildman–Crippen MR) is 148 cm³/mol. The lowest BCUT2D eigenvalue weighted by atomic mass is 10.2. The number of piperazine rings is 1. The van der Waals surface area contributed by atoms with Gasteiger partial charge in [-0.1, -0.05) is 18.2 Å². The van der Waals surface area contributed by atoms with Crippen molar-refractivity contribution >= 4 is 39.1 Å². The predicted octanol–water partition coefficient (Wildman–Crippen LogP) is 4.80. The van der Waals surface area contributed by atoms with Gasteiger partial charge in [-0.25, -0.2) is 13.2 Å². The number of carbonyl (C=O) groups is 2. The molecule has 0 saturated carbocycles. The minimum absolute atomic E-state index is 0.162. The summed E-state index contributed by atoms with van der Waals surface area (Å²) in [7, 11) is -3.70. The number of nitrogens with one attached hydrogen (secondary N) is 2. The number of amides is 2. The second-order valence-electron chi connectivity index (χ2n) is 9.95. The molecule has 1 heterocycles. The number of hydrogen-bond donors (Lipinski definition) is 2. The first-order valence-corrected chi connectivity index (χ1v) is 13.8. The minimum atomic E-state index is -3.70. The number of sulfonamides is 1. The van der Waals surface area contributed by atoms with Gasteiger partial charge in [0.1, 0.15) is 5.60 Å². The van der Waals surface area contributed by atoms with Gasteiger partial charge in [0.25, 0.3) is 15.9 Å². The highest BCUT2D eigenvalue weighted by Crippen LogP contribution is 2.22. The Morgan fingerprint density at radius 3 is 1.95 bits per heavy atom. The van der Waals surface area contributed by atoms with Crippen molar-refractivity contribution in [3.63, 3.8) is 0 Å². The van der Waals surface area contributed by atoms with Crippen molar-refractivity contribution in [2.75, 3.05) is 41.1 Å². The number of carbonyl (C=O) groups excluding carboxylic acids is 2. The van der Waals surface area contributed by atoms with Crippen LogP contribution in [0.5, 0.6) is 0 Å². The Balaban J connectivity index is 1.30. The van der Waals surface area contributed by atoms with Crippen molar-refractivity contribution in [1.82, 2.24) is 4.90 Å². The number of hydrogen-bond acceptors (Lipinski definition) is 6. The van der Waals surface area contributed by atoms with Crippen molar-refractivity contribution < 1.29 is 22.7 Å². The highest BCUT2D eigenvalue weighted by Gasteiger charge is 2.26. The van der Waals surface area contributed by atoms with Crippen LogP contribution in [0.4, 0.5) is 21.9 Å². The molecule has 1 saturated heterocycles. The topological polar surface area (TPSA) is 108 Å². The van der Waals surface area contributed by atoms with E-state index in [-0.39, 0.29) is 16.9 Å². The van der Waals surface area contributed by atoms with Crippen LogP contribution in [0, 0.1) is 0 Å². The molecule has 2 N–H and O–H groups in total. The van der Waals surface area contributed by atoms with Crippen molar-refractivity contribution in [1.29, 1.82) is 0 Å². The molecule has 3 aromatic carbocycles. The van der Waals surface area contributed by atoms with Gasteiger partial charge in [-0.05, 0) is 81.4 Å². The third kappa shape index (κ3) is 7.04. The first-order chi connectivity index (χ1) is 18.0. The van der Waals surface area contributed by atoms with Crippen LogP contribution in [-0.4, -0.2) is 57.1 Å². The Kier molecular flexibility index (Phi) is 7.91. The highest BCUT2D eigenvalue weighted by atomic mass is 32.2. The smallest absolute Gasteiger partial charge is 0.410 e. The summed E-state index contributed by atoms with van der Waals surface area (Å²) in [5.41, 5.74) is 1.88. The van der Waals surface area contributed by atoms with Crippen LogP contribution >= 0.6 is 0 Å². The van der Waals surface area contributed by atoms with Crippen LogP contribution in [0.2, 0.25) is 0 Å². The van der Waals surface area contributed by atoms with Crippen LogP contribution in [0.25, 0.3) is 0 Å². The molecule has 0 spiro atoms. The lowest BCUT2D eigenvalue weighted by Gasteiger charge is -2.36. The molecule has 38 heavy (non-hydrogen) atoms. The fourth-order valence-electron chi connectivity index (χ4n) is 3.94. The maximum atomic E-state index is 12.7. The Labute approximate surface area is 223 Å². The molecule has 200 valence electrons. The van der Waals surface area contributed by atoms with Gasteiger partial charge >= 0.3 is 6.09 Å². The molecule has 0 aliphatic carbocycles. The zero-order valence-corrected chi connectivity index (χ0v) is 22.5. The van der Waals surface area contributed by atoms with Gasteiger partial charge in [0, 0.05) is 48.8 Å². The van der Waals surface area contributed by atoms with Gasteiger partial charge in [0.05, 0.1) is 4.90 Å². The summed E-state index contributed by atoms with van der Waals surface area (Å²) >= 11 is 0. The van der Waals surface area contributed by atoms with Gasteiger partial charge in [-0.3, -0.25) is 9.52 Å². The zero-order valence-electron chi connectivity index (χ0n) is 21.7. The lowest BCUT2D eigenvalue weighted by Crippen LogP contribution is -2.50. The molecule has 9 nitrogen and oxygen atoms in total. The van der Waals surface area contributed by atoms with Crippen LogP contribution < -0.4 is 14.9 Å². The standard InChI is InChI=1S/C28H32N4O5S/c1-28(2,3)37-27(34)32-19-17-31(18-20-32)24-15-13-22(14-16-24)29-26(33)21-9-11-23(12-10-21)30-38(35,36)25-7-5-4-6-8-25/h4-16,30H,17-20H2,1-3H3,(H,29,33). The Hall–Kier alpha value is -4.05. The van der Waals surface area contributed by atoms with E-state index in [0.717, 1.165) is 5.69 Å². The molecule has 10 heteroatoms. The van der Waals surface area contributed by atoms with Crippen molar-refractivity contribution in [2.24, 2.45) is 0 Å². The fraction of sp³-hybridized carbons (Fsp3) is 0.286. The van der Waals surface area contributed by atoms with E-state index in [0.29, 0.717) is 43.1 Å². The molecular formula is C28H32N4O5S. The molecule has 1 aliphatic heterocycles. The van der Waals surface area contributed by atoms with E-state index in [4.69, 9.17) is 4.74 Å². The van der Waals surface area contributed by atoms with Gasteiger partial charge in [-0.15, -0.1) is 0 Å². The third-order valence-corrected chi connectivity index (χ3v) is 7.27. The van der Waals surface area contributed by atoms with E-state index in [1.54, 1.807) is 47.4 Å². The van der Waals surface area contributed by atoms with Crippen LogP contribution in [-0.2, 0) is 14.8 Å². The minimum Gasteiger partial charge on any atom is -0.444 e. The third-order valence-electron chi connectivity index (χ3n) is 5.87. The summed E-state index contributed by atoms with van der Waals surface area (Å²) in [6, 6.07) is 21.8. The molecule has 0 bridgehead atoms. The largest absolute Gasteiger partial charge is 0.444 e. The number of benzene rings is 3. The first-order valence-electron chi connectivity index (χ1n) is 12.3. The number of anilines is 3. The molecule has 0 atom stereocenters. The van der Waals surface area contributed by atoms with E-state index in [1.807, 2.05) is 45.0 Å². The molecule has 1 aliphatic rings. The van der Waals surface area contributed by atoms with Crippen molar-refractivity contribution in [3.8, 4) is 0 Å². The second-order valence-corrected chi connectivity index (χ2v) is 11.6. The highest BCUT2D eigenvalue weighted by molar-refractivity contribution is 7.92. The Morgan fingerprint density at radius 2 is 1.37 bits per heavy atom. The molecule has 1 fully saturated rings. The van der Waals surface area contributed by atoms with Gasteiger partial charge < -0.3 is 19.9 Å². The summed E-state index contributed by atoms with van der Waals surface area (Å²) in [4.78, 5) is 29.0. The van der Waals surface area contributed by atoms with Gasteiger partial charge in [0.2, 0.25) is 0 Å². The molecule has 0 aromatic heterocycles. The quantitative estimate of drug-likeness (QED) is 0.469. The zero-order chi connectivity index (χ0) is 27.3. The normalized spacial score (nSPS) is 14.1. The second kappa shape index (κ2) is 11.1. The molecular weight excluding hydrogens is 504 g/mol. The van der Waals surface area contributed by atoms with Gasteiger partial charge in [0.15, 0.2) is 0 Å². The van der Waals surface area contributed by atoms with E-state index in [2.05, 4.69) is 14.9 Å². The molecule has 0 radical (unpaired) electrons. The summed E-state index contributed by atoms with van der Waals surface area (Å²) in [5.74, 6) is -0.304. The number of nitrogens with zero attached hydrogens (tertiary/aromatic N) is 2. The summed E-state index contributed by atoms with van der Waals surface area (Å²) in [6.45, 7) is 8.08. The van der Waals surface area contributed by atoms with Crippen LogP contribution in [0.3, 0.4) is 0 Å². The van der Waals surface area contributed by atoms with E-state index >= 15 is 0 Å². The summed E-state index contributed by atoms with van der Waals surface area (Å²) < 4.78 is 32.9. The number of ether oxygens (including phenoxy) is 1. The fourth-order valence-corrected chi connectivity index (χ4v) is 5.02. The average molecular weight is 537 g/mol. The average Bonchev–Trinajstić information content (AvgIpc) is 2.89. The molecule has 4 rings (SSSR count). The van der Waals surface area contributed by atoms with E-state index in [9.17, 15) is 18.0 Å². The Bertz CT molecular complexity index is 1360. The Morgan fingerprint density at radius 1 is 0.789 bits per heavy atom. The molecule has 0 unspecified atom stereocenters. The summed E-state index contributed by atoms with van der Waals surface area (Å²) in [6.07, 6.45) is -0.295. The molecule has 2 amide bonds. The van der Waals surface area contributed by atoms with E-state index < -0.39 is 15.6 Å². The maximum Gasteiger partial charge on any atom is 0.410 e. The maximum absolute atomic E-state index is 12.7. The lowest BCUT2D eigenvalue weighted by molar-refractivity contribution is 0.0240. The van der Waals surface area contributed by atoms with Crippen molar-refractivity contribution in [3.05, 3.63) is 84.4 Å². The van der Waals surface area contributed by atoms with Gasteiger partial charge in [-0.2, -0.15) is 0 Å².